The van der Waals surface area contributed by atoms with Crippen molar-refractivity contribution in [2.75, 3.05) is 13.2 Å². The Morgan fingerprint density at radius 2 is 2.11 bits per heavy atom. The zero-order chi connectivity index (χ0) is 12.5. The van der Waals surface area contributed by atoms with Gasteiger partial charge in [-0.1, -0.05) is 30.3 Å². The van der Waals surface area contributed by atoms with E-state index in [4.69, 9.17) is 4.74 Å². The molecule has 1 aliphatic heterocycles. The zero-order valence-electron chi connectivity index (χ0n) is 10.5. The van der Waals surface area contributed by atoms with Crippen LogP contribution >= 0.6 is 0 Å². The first kappa shape index (κ1) is 11.5. The van der Waals surface area contributed by atoms with Crippen LogP contribution in [0.3, 0.4) is 0 Å². The SMILES string of the molecule is CC(=O)N[C@H]1C[C@H]2COCC2=C1c1ccccc1. The Hall–Kier alpha value is -1.61. The molecule has 1 aliphatic carbocycles. The molecule has 2 aliphatic rings. The summed E-state index contributed by atoms with van der Waals surface area (Å²) in [4.78, 5) is 11.3. The number of fused-ring (bicyclic) bond motifs is 1. The second kappa shape index (κ2) is 4.58. The van der Waals surface area contributed by atoms with E-state index in [-0.39, 0.29) is 11.9 Å². The van der Waals surface area contributed by atoms with Crippen molar-refractivity contribution in [3.63, 3.8) is 0 Å². The minimum atomic E-state index is 0.0370. The molecule has 18 heavy (non-hydrogen) atoms. The summed E-state index contributed by atoms with van der Waals surface area (Å²) >= 11 is 0. The van der Waals surface area contributed by atoms with Gasteiger partial charge in [0.05, 0.1) is 19.3 Å². The lowest BCUT2D eigenvalue weighted by molar-refractivity contribution is -0.119. The Balaban J connectivity index is 1.99. The predicted octanol–water partition coefficient (Wildman–Crippen LogP) is 2.00. The molecule has 1 fully saturated rings. The maximum atomic E-state index is 11.3. The first-order chi connectivity index (χ1) is 8.75. The third-order valence-electron chi connectivity index (χ3n) is 3.75. The van der Waals surface area contributed by atoms with E-state index >= 15 is 0 Å². The van der Waals surface area contributed by atoms with Crippen LogP contribution in [0.25, 0.3) is 5.57 Å². The molecular weight excluding hydrogens is 226 g/mol. The van der Waals surface area contributed by atoms with Crippen LogP contribution in [0.4, 0.5) is 0 Å². The topological polar surface area (TPSA) is 38.3 Å². The third kappa shape index (κ3) is 1.95. The summed E-state index contributed by atoms with van der Waals surface area (Å²) in [6.07, 6.45) is 0.971. The molecule has 94 valence electrons. The van der Waals surface area contributed by atoms with E-state index in [1.807, 2.05) is 18.2 Å². The van der Waals surface area contributed by atoms with E-state index in [2.05, 4.69) is 17.4 Å². The van der Waals surface area contributed by atoms with Crippen LogP contribution in [0, 0.1) is 5.92 Å². The Labute approximate surface area is 107 Å². The van der Waals surface area contributed by atoms with Gasteiger partial charge in [-0.25, -0.2) is 0 Å². The Morgan fingerprint density at radius 1 is 1.33 bits per heavy atom. The molecule has 0 bridgehead atoms. The molecule has 3 heteroatoms. The molecule has 1 aromatic carbocycles. The van der Waals surface area contributed by atoms with Gasteiger partial charge in [0.1, 0.15) is 0 Å². The Bertz CT molecular complexity index is 492. The lowest BCUT2D eigenvalue weighted by Gasteiger charge is -2.17. The Kier molecular flexibility index (Phi) is 2.92. The first-order valence-corrected chi connectivity index (χ1v) is 6.39. The fourth-order valence-electron chi connectivity index (χ4n) is 3.04. The van der Waals surface area contributed by atoms with Gasteiger partial charge in [-0.05, 0) is 23.1 Å². The molecular formula is C15H17NO2. The van der Waals surface area contributed by atoms with E-state index in [1.165, 1.54) is 16.7 Å². The van der Waals surface area contributed by atoms with Crippen molar-refractivity contribution in [1.29, 1.82) is 0 Å². The van der Waals surface area contributed by atoms with Crippen LogP contribution in [0.15, 0.2) is 35.9 Å². The molecule has 0 spiro atoms. The lowest BCUT2D eigenvalue weighted by Crippen LogP contribution is -2.33. The summed E-state index contributed by atoms with van der Waals surface area (Å²) < 4.78 is 5.55. The second-order valence-corrected chi connectivity index (χ2v) is 5.01. The summed E-state index contributed by atoms with van der Waals surface area (Å²) in [6.45, 7) is 3.09. The van der Waals surface area contributed by atoms with Crippen LogP contribution in [0.1, 0.15) is 18.9 Å². The maximum absolute atomic E-state index is 11.3. The van der Waals surface area contributed by atoms with Gasteiger partial charge < -0.3 is 10.1 Å². The van der Waals surface area contributed by atoms with Crippen molar-refractivity contribution in [1.82, 2.24) is 5.32 Å². The summed E-state index contributed by atoms with van der Waals surface area (Å²) in [5, 5.41) is 3.07. The van der Waals surface area contributed by atoms with Crippen molar-refractivity contribution < 1.29 is 9.53 Å². The number of carbonyl (C=O) groups excluding carboxylic acids is 1. The second-order valence-electron chi connectivity index (χ2n) is 5.01. The van der Waals surface area contributed by atoms with E-state index in [0.29, 0.717) is 12.5 Å². The fourth-order valence-corrected chi connectivity index (χ4v) is 3.04. The molecule has 0 aromatic heterocycles. The molecule has 0 unspecified atom stereocenters. The highest BCUT2D eigenvalue weighted by Gasteiger charge is 2.37. The smallest absolute Gasteiger partial charge is 0.217 e. The molecule has 1 aromatic rings. The van der Waals surface area contributed by atoms with Crippen molar-refractivity contribution in [2.24, 2.45) is 5.92 Å². The molecule has 1 N–H and O–H groups in total. The number of carbonyl (C=O) groups is 1. The summed E-state index contributed by atoms with van der Waals surface area (Å²) in [6, 6.07) is 10.5. The predicted molar refractivity (Wildman–Crippen MR) is 69.9 cm³/mol. The van der Waals surface area contributed by atoms with Gasteiger partial charge in [0, 0.05) is 12.8 Å². The number of hydrogen-bond acceptors (Lipinski definition) is 2. The van der Waals surface area contributed by atoms with Crippen molar-refractivity contribution >= 4 is 11.5 Å². The van der Waals surface area contributed by atoms with Crippen molar-refractivity contribution in [3.8, 4) is 0 Å². The largest absolute Gasteiger partial charge is 0.376 e. The van der Waals surface area contributed by atoms with Crippen LogP contribution in [0.2, 0.25) is 0 Å². The van der Waals surface area contributed by atoms with Gasteiger partial charge in [0.25, 0.3) is 0 Å². The summed E-state index contributed by atoms with van der Waals surface area (Å²) in [5.74, 6) is 0.520. The highest BCUT2D eigenvalue weighted by atomic mass is 16.5. The number of ether oxygens (including phenoxy) is 1. The van der Waals surface area contributed by atoms with Crippen LogP contribution in [-0.4, -0.2) is 25.2 Å². The highest BCUT2D eigenvalue weighted by molar-refractivity contribution is 5.82. The molecule has 1 saturated heterocycles. The van der Waals surface area contributed by atoms with Gasteiger partial charge in [-0.3, -0.25) is 4.79 Å². The molecule has 2 atom stereocenters. The molecule has 1 amide bonds. The Morgan fingerprint density at radius 3 is 2.83 bits per heavy atom. The average molecular weight is 243 g/mol. The summed E-state index contributed by atoms with van der Waals surface area (Å²) in [5.41, 5.74) is 3.85. The van der Waals surface area contributed by atoms with Crippen LogP contribution < -0.4 is 5.32 Å². The van der Waals surface area contributed by atoms with Crippen LogP contribution in [0.5, 0.6) is 0 Å². The van der Waals surface area contributed by atoms with Gasteiger partial charge in [0.15, 0.2) is 0 Å². The molecule has 3 rings (SSSR count). The minimum Gasteiger partial charge on any atom is -0.376 e. The monoisotopic (exact) mass is 243 g/mol. The van der Waals surface area contributed by atoms with Gasteiger partial charge >= 0.3 is 0 Å². The van der Waals surface area contributed by atoms with Crippen molar-refractivity contribution in [2.45, 2.75) is 19.4 Å². The normalized spacial score (nSPS) is 26.3. The molecule has 3 nitrogen and oxygen atoms in total. The van der Waals surface area contributed by atoms with Gasteiger partial charge in [0.2, 0.25) is 5.91 Å². The van der Waals surface area contributed by atoms with Crippen LogP contribution in [-0.2, 0) is 9.53 Å². The van der Waals surface area contributed by atoms with E-state index in [9.17, 15) is 4.79 Å². The standard InChI is InChI=1S/C15H17NO2/c1-10(17)16-14-7-12-8-18-9-13(12)15(14)11-5-3-2-4-6-11/h2-6,12,14H,7-9H2,1H3,(H,16,17)/t12-,14-/m0/s1. The van der Waals surface area contributed by atoms with E-state index in [1.54, 1.807) is 6.92 Å². The van der Waals surface area contributed by atoms with E-state index < -0.39 is 0 Å². The maximum Gasteiger partial charge on any atom is 0.217 e. The molecule has 0 radical (unpaired) electrons. The van der Waals surface area contributed by atoms with Gasteiger partial charge in [-0.15, -0.1) is 0 Å². The fraction of sp³-hybridized carbons (Fsp3) is 0.400. The minimum absolute atomic E-state index is 0.0370. The number of amides is 1. The quantitative estimate of drug-likeness (QED) is 0.862. The number of benzene rings is 1. The lowest BCUT2D eigenvalue weighted by atomic mass is 9.99. The van der Waals surface area contributed by atoms with Crippen molar-refractivity contribution in [3.05, 3.63) is 41.5 Å². The molecule has 0 saturated carbocycles. The average Bonchev–Trinajstić information content (AvgIpc) is 2.89. The number of hydrogen-bond donors (Lipinski definition) is 1. The number of nitrogens with one attached hydrogen (secondary N) is 1. The van der Waals surface area contributed by atoms with E-state index in [0.717, 1.165) is 13.0 Å². The summed E-state index contributed by atoms with van der Waals surface area (Å²) in [7, 11) is 0. The zero-order valence-corrected chi connectivity index (χ0v) is 10.5. The number of rotatable bonds is 2. The third-order valence-corrected chi connectivity index (χ3v) is 3.75. The van der Waals surface area contributed by atoms with Gasteiger partial charge in [-0.2, -0.15) is 0 Å². The first-order valence-electron chi connectivity index (χ1n) is 6.39. The highest BCUT2D eigenvalue weighted by Crippen LogP contribution is 2.41. The molecule has 1 heterocycles.